The molecule has 0 saturated carbocycles. The van der Waals surface area contributed by atoms with E-state index in [4.69, 9.17) is 18.0 Å². The molecule has 110 valence electrons. The number of nitrogens with two attached hydrogens (primary N) is 1. The van der Waals surface area contributed by atoms with Gasteiger partial charge in [-0.1, -0.05) is 12.2 Å². The van der Waals surface area contributed by atoms with E-state index in [2.05, 4.69) is 16.6 Å². The van der Waals surface area contributed by atoms with Gasteiger partial charge in [0.2, 0.25) is 10.0 Å². The maximum absolute atomic E-state index is 12.2. The Morgan fingerprint density at radius 3 is 2.85 bits per heavy atom. The molecule has 0 aliphatic carbocycles. The molecule has 0 bridgehead atoms. The largest absolute Gasteiger partial charge is 0.388 e. The van der Waals surface area contributed by atoms with Crippen LogP contribution < -0.4 is 10.5 Å². The number of thiocarbonyl (C=S) groups is 1. The third-order valence-electron chi connectivity index (χ3n) is 3.24. The van der Waals surface area contributed by atoms with Gasteiger partial charge in [-0.15, -0.1) is 0 Å². The van der Waals surface area contributed by atoms with Crippen LogP contribution in [0.15, 0.2) is 23.2 Å². The van der Waals surface area contributed by atoms with Crippen LogP contribution in [0.1, 0.15) is 25.5 Å². The topological polar surface area (TPSA) is 85.1 Å². The summed E-state index contributed by atoms with van der Waals surface area (Å²) in [5, 5.41) is 0. The molecule has 1 aliphatic heterocycles. The minimum atomic E-state index is -3.54. The summed E-state index contributed by atoms with van der Waals surface area (Å²) in [5.41, 5.74) is 5.85. The molecule has 2 rings (SSSR count). The number of aromatic nitrogens is 1. The van der Waals surface area contributed by atoms with Gasteiger partial charge in [-0.2, -0.15) is 11.8 Å². The summed E-state index contributed by atoms with van der Waals surface area (Å²) in [6.45, 7) is 2.51. The number of sulfonamides is 1. The van der Waals surface area contributed by atoms with Crippen molar-refractivity contribution in [1.82, 2.24) is 9.71 Å². The first-order chi connectivity index (χ1) is 9.32. The van der Waals surface area contributed by atoms with Crippen molar-refractivity contribution in [2.45, 2.75) is 29.4 Å². The Bertz CT molecular complexity index is 593. The lowest BCUT2D eigenvalue weighted by atomic mass is 10.1. The van der Waals surface area contributed by atoms with E-state index in [-0.39, 0.29) is 14.6 Å². The predicted octanol–water partition coefficient (Wildman–Crippen LogP) is 1.28. The Labute approximate surface area is 128 Å². The quantitative estimate of drug-likeness (QED) is 0.791. The van der Waals surface area contributed by atoms with Crippen LogP contribution in [0.2, 0.25) is 0 Å². The second-order valence-corrected chi connectivity index (χ2v) is 8.86. The average molecular weight is 331 g/mol. The van der Waals surface area contributed by atoms with Gasteiger partial charge in [0.15, 0.2) is 0 Å². The summed E-state index contributed by atoms with van der Waals surface area (Å²) < 4.78 is 27.0. The molecule has 2 heterocycles. The molecule has 1 fully saturated rings. The van der Waals surface area contributed by atoms with Gasteiger partial charge < -0.3 is 5.73 Å². The van der Waals surface area contributed by atoms with Crippen molar-refractivity contribution >= 4 is 39.0 Å². The minimum Gasteiger partial charge on any atom is -0.388 e. The van der Waals surface area contributed by atoms with E-state index in [0.717, 1.165) is 18.6 Å². The fraction of sp³-hybridized carbons (Fsp3) is 0.500. The van der Waals surface area contributed by atoms with E-state index in [1.807, 2.05) is 11.8 Å². The summed E-state index contributed by atoms with van der Waals surface area (Å²) in [7, 11) is -3.54. The highest BCUT2D eigenvalue weighted by Gasteiger charge is 2.31. The van der Waals surface area contributed by atoms with Crippen LogP contribution in [0.5, 0.6) is 0 Å². The molecule has 0 aromatic carbocycles. The van der Waals surface area contributed by atoms with E-state index in [1.165, 1.54) is 18.3 Å². The number of nitrogens with one attached hydrogen (secondary N) is 1. The van der Waals surface area contributed by atoms with Crippen molar-refractivity contribution in [3.63, 3.8) is 0 Å². The lowest BCUT2D eigenvalue weighted by Gasteiger charge is -2.22. The van der Waals surface area contributed by atoms with Crippen molar-refractivity contribution in [2.75, 3.05) is 12.3 Å². The van der Waals surface area contributed by atoms with Gasteiger partial charge in [-0.05, 0) is 37.7 Å². The molecule has 0 radical (unpaired) electrons. The number of hydrogen-bond acceptors (Lipinski definition) is 5. The van der Waals surface area contributed by atoms with Crippen LogP contribution >= 0.6 is 24.0 Å². The van der Waals surface area contributed by atoms with Gasteiger partial charge in [-0.25, -0.2) is 13.1 Å². The highest BCUT2D eigenvalue weighted by atomic mass is 32.2. The van der Waals surface area contributed by atoms with E-state index in [9.17, 15) is 8.42 Å². The van der Waals surface area contributed by atoms with Crippen LogP contribution in [0.3, 0.4) is 0 Å². The van der Waals surface area contributed by atoms with Gasteiger partial charge >= 0.3 is 0 Å². The molecule has 1 atom stereocenters. The Morgan fingerprint density at radius 1 is 1.60 bits per heavy atom. The first-order valence-electron chi connectivity index (χ1n) is 6.22. The second-order valence-electron chi connectivity index (χ2n) is 4.97. The molecule has 1 aromatic rings. The van der Waals surface area contributed by atoms with E-state index < -0.39 is 10.0 Å². The van der Waals surface area contributed by atoms with Crippen LogP contribution in [-0.2, 0) is 10.0 Å². The fourth-order valence-electron chi connectivity index (χ4n) is 1.99. The van der Waals surface area contributed by atoms with E-state index >= 15 is 0 Å². The molecule has 20 heavy (non-hydrogen) atoms. The number of pyridine rings is 1. The van der Waals surface area contributed by atoms with E-state index in [0.29, 0.717) is 12.2 Å². The maximum atomic E-state index is 12.2. The first kappa shape index (κ1) is 15.7. The first-order valence-corrected chi connectivity index (χ1v) is 9.10. The van der Waals surface area contributed by atoms with Gasteiger partial charge in [0, 0.05) is 17.5 Å². The number of thioether (sulfide) groups is 1. The molecule has 0 spiro atoms. The molecule has 0 amide bonds. The van der Waals surface area contributed by atoms with Crippen LogP contribution in [0.25, 0.3) is 0 Å². The van der Waals surface area contributed by atoms with Gasteiger partial charge in [0.25, 0.3) is 0 Å². The van der Waals surface area contributed by atoms with Gasteiger partial charge in [0.05, 0.1) is 5.69 Å². The Balaban J connectivity index is 2.08. The van der Waals surface area contributed by atoms with Crippen molar-refractivity contribution in [3.8, 4) is 0 Å². The van der Waals surface area contributed by atoms with Crippen molar-refractivity contribution in [1.29, 1.82) is 0 Å². The molecule has 8 heteroatoms. The summed E-state index contributed by atoms with van der Waals surface area (Å²) in [5.74, 6) is 1.09. The summed E-state index contributed by atoms with van der Waals surface area (Å²) >= 11 is 6.60. The van der Waals surface area contributed by atoms with Gasteiger partial charge in [-0.3, -0.25) is 4.98 Å². The van der Waals surface area contributed by atoms with Crippen molar-refractivity contribution in [3.05, 3.63) is 24.0 Å². The molecule has 1 unspecified atom stereocenters. The van der Waals surface area contributed by atoms with Crippen LogP contribution in [0.4, 0.5) is 0 Å². The molecule has 5 nitrogen and oxygen atoms in total. The maximum Gasteiger partial charge on any atom is 0.242 e. The van der Waals surface area contributed by atoms with Crippen LogP contribution in [-0.4, -0.2) is 35.4 Å². The van der Waals surface area contributed by atoms with Gasteiger partial charge in [0.1, 0.15) is 9.88 Å². The molecule has 1 aromatic heterocycles. The van der Waals surface area contributed by atoms with Crippen molar-refractivity contribution < 1.29 is 8.42 Å². The third-order valence-corrected chi connectivity index (χ3v) is 6.37. The lowest BCUT2D eigenvalue weighted by molar-refractivity contribution is 0.552. The lowest BCUT2D eigenvalue weighted by Crippen LogP contribution is -2.36. The number of nitrogens with zero attached hydrogens (tertiary/aromatic N) is 1. The minimum absolute atomic E-state index is 0.0146. The smallest absolute Gasteiger partial charge is 0.242 e. The third kappa shape index (κ3) is 3.69. The van der Waals surface area contributed by atoms with Crippen LogP contribution in [0, 0.1) is 0 Å². The Hall–Kier alpha value is -0.700. The second kappa shape index (κ2) is 5.97. The molecule has 1 aliphatic rings. The zero-order valence-electron chi connectivity index (χ0n) is 11.1. The molecule has 3 N–H and O–H groups in total. The monoisotopic (exact) mass is 331 g/mol. The highest BCUT2D eigenvalue weighted by Crippen LogP contribution is 2.37. The summed E-state index contributed by atoms with van der Waals surface area (Å²) in [6, 6.07) is 2.98. The fourth-order valence-corrected chi connectivity index (χ4v) is 4.56. The zero-order chi connectivity index (χ0) is 14.8. The Morgan fingerprint density at radius 2 is 2.35 bits per heavy atom. The summed E-state index contributed by atoms with van der Waals surface area (Å²) in [4.78, 5) is 4.23. The summed E-state index contributed by atoms with van der Waals surface area (Å²) in [6.07, 6.45) is 3.44. The van der Waals surface area contributed by atoms with E-state index in [1.54, 1.807) is 0 Å². The highest BCUT2D eigenvalue weighted by molar-refractivity contribution is 8.01. The SMILES string of the molecule is CC1(CNS(=O)(=O)c2ccc(C(N)=S)nc2)CCCS1. The Kier molecular flexibility index (Phi) is 4.68. The number of rotatable bonds is 5. The molecular formula is C12H17N3O2S3. The molecule has 1 saturated heterocycles. The normalized spacial score (nSPS) is 22.9. The standard InChI is InChI=1S/C12H17N3O2S3/c1-12(5-2-6-19-12)8-15-20(16,17)9-3-4-10(11(13)18)14-7-9/h3-4,7,15H,2,5-6,8H2,1H3,(H2,13,18). The average Bonchev–Trinajstić information content (AvgIpc) is 2.84. The predicted molar refractivity (Wildman–Crippen MR) is 85.4 cm³/mol. The molecular weight excluding hydrogens is 314 g/mol. The zero-order valence-corrected chi connectivity index (χ0v) is 13.6. The van der Waals surface area contributed by atoms with Crippen molar-refractivity contribution in [2.24, 2.45) is 5.73 Å². The number of hydrogen-bond donors (Lipinski definition) is 2.